The van der Waals surface area contributed by atoms with Crippen molar-refractivity contribution in [1.29, 1.82) is 0 Å². The molecule has 0 unspecified atom stereocenters. The smallest absolute Gasteiger partial charge is 0.162 e. The minimum absolute atomic E-state index is 0.519. The zero-order valence-corrected chi connectivity index (χ0v) is 14.9. The number of benzene rings is 2. The van der Waals surface area contributed by atoms with E-state index < -0.39 is 0 Å². The number of hydrogen-bond donors (Lipinski definition) is 1. The molecular formula is C18H22ClNO4. The maximum Gasteiger partial charge on any atom is 0.162 e. The van der Waals surface area contributed by atoms with Gasteiger partial charge in [-0.3, -0.25) is 0 Å². The Labute approximate surface area is 147 Å². The first kappa shape index (κ1) is 18.2. The average molecular weight is 352 g/mol. The van der Waals surface area contributed by atoms with Gasteiger partial charge in [-0.2, -0.15) is 0 Å². The van der Waals surface area contributed by atoms with Gasteiger partial charge >= 0.3 is 0 Å². The first-order valence-electron chi connectivity index (χ1n) is 7.56. The molecule has 2 rings (SSSR count). The van der Waals surface area contributed by atoms with E-state index >= 15 is 0 Å². The number of rotatable bonds is 9. The highest BCUT2D eigenvalue weighted by Gasteiger charge is 2.09. The predicted molar refractivity (Wildman–Crippen MR) is 94.8 cm³/mol. The van der Waals surface area contributed by atoms with Gasteiger partial charge in [0.2, 0.25) is 0 Å². The van der Waals surface area contributed by atoms with Crippen LogP contribution in [0.25, 0.3) is 0 Å². The zero-order chi connectivity index (χ0) is 17.4. The number of para-hydroxylation sites is 2. The lowest BCUT2D eigenvalue weighted by Crippen LogP contribution is -2.21. The van der Waals surface area contributed by atoms with Gasteiger partial charge in [0.05, 0.1) is 21.3 Å². The quantitative estimate of drug-likeness (QED) is 0.700. The van der Waals surface area contributed by atoms with Crippen LogP contribution in [0.2, 0.25) is 5.02 Å². The first-order valence-corrected chi connectivity index (χ1v) is 7.94. The van der Waals surface area contributed by atoms with Crippen LogP contribution in [-0.2, 0) is 6.54 Å². The van der Waals surface area contributed by atoms with Crippen LogP contribution in [0.3, 0.4) is 0 Å². The van der Waals surface area contributed by atoms with Crippen molar-refractivity contribution in [3.8, 4) is 23.0 Å². The molecule has 0 amide bonds. The second kappa shape index (κ2) is 9.25. The molecule has 0 aliphatic heterocycles. The number of halogens is 1. The molecule has 0 atom stereocenters. The highest BCUT2D eigenvalue weighted by molar-refractivity contribution is 6.31. The molecule has 0 saturated heterocycles. The summed E-state index contributed by atoms with van der Waals surface area (Å²) in [5.41, 5.74) is 0.937. The van der Waals surface area contributed by atoms with Crippen molar-refractivity contribution >= 4 is 11.6 Å². The highest BCUT2D eigenvalue weighted by Crippen LogP contribution is 2.33. The van der Waals surface area contributed by atoms with Crippen LogP contribution < -0.4 is 24.3 Å². The summed E-state index contributed by atoms with van der Waals surface area (Å²) in [5, 5.41) is 3.92. The van der Waals surface area contributed by atoms with Crippen molar-refractivity contribution in [2.45, 2.75) is 6.54 Å². The molecule has 0 heterocycles. The van der Waals surface area contributed by atoms with E-state index in [0.717, 1.165) is 17.1 Å². The Bertz CT molecular complexity index is 663. The molecular weight excluding hydrogens is 330 g/mol. The first-order chi connectivity index (χ1) is 11.7. The average Bonchev–Trinajstić information content (AvgIpc) is 2.62. The van der Waals surface area contributed by atoms with Gasteiger partial charge < -0.3 is 24.3 Å². The van der Waals surface area contributed by atoms with E-state index in [4.69, 9.17) is 30.5 Å². The third-order valence-corrected chi connectivity index (χ3v) is 3.83. The topological polar surface area (TPSA) is 49.0 Å². The SMILES string of the molecule is COc1cc(Cl)c(CNCCOc2ccccc2OC)cc1OC. The second-order valence-corrected chi connectivity index (χ2v) is 5.38. The molecule has 1 N–H and O–H groups in total. The van der Waals surface area contributed by atoms with Gasteiger partial charge in [-0.05, 0) is 23.8 Å². The van der Waals surface area contributed by atoms with Gasteiger partial charge in [-0.1, -0.05) is 23.7 Å². The molecule has 2 aromatic carbocycles. The summed E-state index contributed by atoms with van der Waals surface area (Å²) in [4.78, 5) is 0. The lowest BCUT2D eigenvalue weighted by Gasteiger charge is -2.13. The molecule has 0 fully saturated rings. The van der Waals surface area contributed by atoms with E-state index in [1.807, 2.05) is 30.3 Å². The van der Waals surface area contributed by atoms with Gasteiger partial charge in [0, 0.05) is 24.2 Å². The second-order valence-electron chi connectivity index (χ2n) is 4.97. The fourth-order valence-electron chi connectivity index (χ4n) is 2.23. The van der Waals surface area contributed by atoms with Gasteiger partial charge in [-0.25, -0.2) is 0 Å². The molecule has 6 heteroatoms. The lowest BCUT2D eigenvalue weighted by atomic mass is 10.2. The Morgan fingerprint density at radius 1 is 0.875 bits per heavy atom. The molecule has 0 spiro atoms. The van der Waals surface area contributed by atoms with Crippen LogP contribution in [0.5, 0.6) is 23.0 Å². The normalized spacial score (nSPS) is 10.3. The summed E-state index contributed by atoms with van der Waals surface area (Å²) in [6, 6.07) is 11.2. The summed E-state index contributed by atoms with van der Waals surface area (Å²) in [5.74, 6) is 2.72. The Balaban J connectivity index is 1.84. The highest BCUT2D eigenvalue weighted by atomic mass is 35.5. The van der Waals surface area contributed by atoms with Crippen molar-refractivity contribution in [3.05, 3.63) is 47.0 Å². The van der Waals surface area contributed by atoms with E-state index in [-0.39, 0.29) is 0 Å². The molecule has 0 aliphatic carbocycles. The van der Waals surface area contributed by atoms with E-state index in [1.54, 1.807) is 27.4 Å². The summed E-state index contributed by atoms with van der Waals surface area (Å²) < 4.78 is 21.5. The maximum absolute atomic E-state index is 6.26. The molecule has 0 aromatic heterocycles. The summed E-state index contributed by atoms with van der Waals surface area (Å²) >= 11 is 6.26. The number of methoxy groups -OCH3 is 3. The van der Waals surface area contributed by atoms with E-state index in [2.05, 4.69) is 5.32 Å². The molecule has 0 bridgehead atoms. The Morgan fingerprint density at radius 2 is 1.50 bits per heavy atom. The Morgan fingerprint density at radius 3 is 2.17 bits per heavy atom. The third kappa shape index (κ3) is 4.69. The van der Waals surface area contributed by atoms with Gasteiger partial charge in [-0.15, -0.1) is 0 Å². The molecule has 0 saturated carbocycles. The fourth-order valence-corrected chi connectivity index (χ4v) is 2.45. The zero-order valence-electron chi connectivity index (χ0n) is 14.1. The monoisotopic (exact) mass is 351 g/mol. The van der Waals surface area contributed by atoms with Gasteiger partial charge in [0.25, 0.3) is 0 Å². The lowest BCUT2D eigenvalue weighted by molar-refractivity contribution is 0.292. The number of nitrogens with one attached hydrogen (secondary N) is 1. The maximum atomic E-state index is 6.26. The van der Waals surface area contributed by atoms with Crippen LogP contribution in [0.1, 0.15) is 5.56 Å². The molecule has 130 valence electrons. The van der Waals surface area contributed by atoms with Gasteiger partial charge in [0.1, 0.15) is 6.61 Å². The minimum atomic E-state index is 0.519. The van der Waals surface area contributed by atoms with Crippen molar-refractivity contribution in [3.63, 3.8) is 0 Å². The Kier molecular flexibility index (Phi) is 7.03. The molecule has 0 aliphatic rings. The van der Waals surface area contributed by atoms with Crippen LogP contribution in [0.15, 0.2) is 36.4 Å². The molecule has 2 aromatic rings. The third-order valence-electron chi connectivity index (χ3n) is 3.47. The van der Waals surface area contributed by atoms with Crippen molar-refractivity contribution in [1.82, 2.24) is 5.32 Å². The number of ether oxygens (including phenoxy) is 4. The van der Waals surface area contributed by atoms with Gasteiger partial charge in [0.15, 0.2) is 23.0 Å². The standard InChI is InChI=1S/C18H22ClNO4/c1-21-15-6-4-5-7-16(15)24-9-8-20-12-13-10-17(22-2)18(23-3)11-14(13)19/h4-7,10-11,20H,8-9,12H2,1-3H3. The van der Waals surface area contributed by atoms with E-state index in [1.165, 1.54) is 0 Å². The van der Waals surface area contributed by atoms with Crippen LogP contribution in [-0.4, -0.2) is 34.5 Å². The molecule has 0 radical (unpaired) electrons. The van der Waals surface area contributed by atoms with Crippen molar-refractivity contribution in [2.24, 2.45) is 0 Å². The van der Waals surface area contributed by atoms with Crippen LogP contribution in [0, 0.1) is 0 Å². The van der Waals surface area contributed by atoms with Crippen molar-refractivity contribution in [2.75, 3.05) is 34.5 Å². The fraction of sp³-hybridized carbons (Fsp3) is 0.333. The summed E-state index contributed by atoms with van der Waals surface area (Å²) in [6.07, 6.45) is 0. The van der Waals surface area contributed by atoms with E-state index in [0.29, 0.717) is 36.2 Å². The van der Waals surface area contributed by atoms with E-state index in [9.17, 15) is 0 Å². The summed E-state index contributed by atoms with van der Waals surface area (Å²) in [6.45, 7) is 1.79. The summed E-state index contributed by atoms with van der Waals surface area (Å²) in [7, 11) is 4.81. The number of hydrogen-bond acceptors (Lipinski definition) is 5. The molecule has 24 heavy (non-hydrogen) atoms. The largest absolute Gasteiger partial charge is 0.493 e. The predicted octanol–water partition coefficient (Wildman–Crippen LogP) is 3.53. The van der Waals surface area contributed by atoms with Crippen LogP contribution in [0.4, 0.5) is 0 Å². The molecule has 5 nitrogen and oxygen atoms in total. The Hall–Kier alpha value is -2.11. The van der Waals surface area contributed by atoms with Crippen molar-refractivity contribution < 1.29 is 18.9 Å². The van der Waals surface area contributed by atoms with Crippen LogP contribution >= 0.6 is 11.6 Å². The minimum Gasteiger partial charge on any atom is -0.493 e.